The molecule has 0 fully saturated rings. The predicted octanol–water partition coefficient (Wildman–Crippen LogP) is 1.13. The van der Waals surface area contributed by atoms with Gasteiger partial charge in [-0.1, -0.05) is 6.07 Å². The van der Waals surface area contributed by atoms with Crippen LogP contribution in [0.1, 0.15) is 10.5 Å². The van der Waals surface area contributed by atoms with Gasteiger partial charge in [0.1, 0.15) is 17.5 Å². The zero-order chi connectivity index (χ0) is 12.8. The van der Waals surface area contributed by atoms with Gasteiger partial charge in [-0.15, -0.1) is 0 Å². The zero-order valence-corrected chi connectivity index (χ0v) is 9.19. The van der Waals surface area contributed by atoms with Gasteiger partial charge in [0.15, 0.2) is 5.65 Å². The molecule has 0 radical (unpaired) electrons. The van der Waals surface area contributed by atoms with Crippen LogP contribution in [0, 0.1) is 0 Å². The van der Waals surface area contributed by atoms with Crippen molar-refractivity contribution in [3.63, 3.8) is 0 Å². The van der Waals surface area contributed by atoms with E-state index in [-0.39, 0.29) is 5.69 Å². The zero-order valence-electron chi connectivity index (χ0n) is 9.19. The standard InChI is InChI=1S/C6H5NO2.C5H4N4/c8-6(9)5-3-1-2-4-7-5;1-4-5(8-2-6-1)9-3-7-4/h1-4H,(H,8,9);1-3H,(H,6,7,8,9). The van der Waals surface area contributed by atoms with Crippen LogP contribution in [-0.4, -0.2) is 36.0 Å². The van der Waals surface area contributed by atoms with Crippen LogP contribution in [0.2, 0.25) is 0 Å². The molecule has 0 aromatic carbocycles. The second-order valence-corrected chi connectivity index (χ2v) is 3.18. The molecule has 0 spiro atoms. The van der Waals surface area contributed by atoms with Crippen LogP contribution in [0.15, 0.2) is 43.2 Å². The number of imidazole rings is 1. The molecule has 3 aromatic heterocycles. The van der Waals surface area contributed by atoms with Gasteiger partial charge in [-0.25, -0.2) is 24.7 Å². The summed E-state index contributed by atoms with van der Waals surface area (Å²) in [5, 5.41) is 8.32. The Morgan fingerprint density at radius 1 is 1.22 bits per heavy atom. The van der Waals surface area contributed by atoms with Gasteiger partial charge in [0.2, 0.25) is 0 Å². The maximum atomic E-state index is 10.1. The van der Waals surface area contributed by atoms with Crippen molar-refractivity contribution < 1.29 is 9.90 Å². The molecule has 0 aliphatic carbocycles. The highest BCUT2D eigenvalue weighted by Crippen LogP contribution is 1.99. The molecule has 0 aliphatic rings. The van der Waals surface area contributed by atoms with Crippen LogP contribution in [0.25, 0.3) is 11.2 Å². The summed E-state index contributed by atoms with van der Waals surface area (Å²) in [6.07, 6.45) is 6.21. The van der Waals surface area contributed by atoms with Gasteiger partial charge in [-0.2, -0.15) is 0 Å². The Labute approximate surface area is 102 Å². The topological polar surface area (TPSA) is 105 Å². The summed E-state index contributed by atoms with van der Waals surface area (Å²) in [7, 11) is 0. The molecule has 0 amide bonds. The van der Waals surface area contributed by atoms with E-state index in [2.05, 4.69) is 24.9 Å². The van der Waals surface area contributed by atoms with Crippen molar-refractivity contribution in [2.45, 2.75) is 0 Å². The molecule has 7 heteroatoms. The van der Waals surface area contributed by atoms with E-state index in [0.29, 0.717) is 5.65 Å². The van der Waals surface area contributed by atoms with Crippen molar-refractivity contribution in [3.05, 3.63) is 48.9 Å². The number of hydrogen-bond donors (Lipinski definition) is 2. The maximum Gasteiger partial charge on any atom is 0.354 e. The molecule has 0 atom stereocenters. The van der Waals surface area contributed by atoms with Gasteiger partial charge in [0, 0.05) is 6.20 Å². The predicted molar refractivity (Wildman–Crippen MR) is 62.9 cm³/mol. The molecule has 3 rings (SSSR count). The summed E-state index contributed by atoms with van der Waals surface area (Å²) in [4.78, 5) is 28.2. The van der Waals surface area contributed by atoms with E-state index in [9.17, 15) is 4.79 Å². The lowest BCUT2D eigenvalue weighted by Crippen LogP contribution is -1.97. The molecule has 0 saturated carbocycles. The summed E-state index contributed by atoms with van der Waals surface area (Å²) in [6.45, 7) is 0. The fraction of sp³-hybridized carbons (Fsp3) is 0. The van der Waals surface area contributed by atoms with Crippen LogP contribution in [0.3, 0.4) is 0 Å². The van der Waals surface area contributed by atoms with E-state index >= 15 is 0 Å². The van der Waals surface area contributed by atoms with E-state index in [1.54, 1.807) is 24.7 Å². The molecule has 2 N–H and O–H groups in total. The fourth-order valence-electron chi connectivity index (χ4n) is 1.18. The van der Waals surface area contributed by atoms with Crippen molar-refractivity contribution in [2.75, 3.05) is 0 Å². The summed E-state index contributed by atoms with van der Waals surface area (Å²) in [5.41, 5.74) is 1.67. The molecule has 90 valence electrons. The van der Waals surface area contributed by atoms with Crippen LogP contribution in [0.4, 0.5) is 0 Å². The summed E-state index contributed by atoms with van der Waals surface area (Å²) < 4.78 is 0. The van der Waals surface area contributed by atoms with E-state index in [1.165, 1.54) is 18.6 Å². The average molecular weight is 243 g/mol. The van der Waals surface area contributed by atoms with Gasteiger partial charge in [0.25, 0.3) is 0 Å². The first-order chi connectivity index (χ1) is 8.77. The first kappa shape index (κ1) is 11.6. The molecule has 7 nitrogen and oxygen atoms in total. The summed E-state index contributed by atoms with van der Waals surface area (Å²) >= 11 is 0. The Morgan fingerprint density at radius 2 is 2.11 bits per heavy atom. The molecule has 0 saturated heterocycles. The molecule has 0 unspecified atom stereocenters. The van der Waals surface area contributed by atoms with Crippen molar-refractivity contribution in [3.8, 4) is 0 Å². The quantitative estimate of drug-likeness (QED) is 0.663. The number of carboxylic acids is 1. The third-order valence-corrected chi connectivity index (χ3v) is 1.98. The highest BCUT2D eigenvalue weighted by Gasteiger charge is 1.98. The maximum absolute atomic E-state index is 10.1. The van der Waals surface area contributed by atoms with Gasteiger partial charge < -0.3 is 10.1 Å². The van der Waals surface area contributed by atoms with Crippen LogP contribution in [-0.2, 0) is 0 Å². The van der Waals surface area contributed by atoms with Crippen molar-refractivity contribution in [2.24, 2.45) is 0 Å². The highest BCUT2D eigenvalue weighted by atomic mass is 16.4. The van der Waals surface area contributed by atoms with Crippen LogP contribution < -0.4 is 0 Å². The molecule has 0 aliphatic heterocycles. The number of carbonyl (C=O) groups is 1. The Hall–Kier alpha value is -2.83. The highest BCUT2D eigenvalue weighted by molar-refractivity contribution is 5.85. The van der Waals surface area contributed by atoms with Crippen LogP contribution in [0.5, 0.6) is 0 Å². The van der Waals surface area contributed by atoms with Gasteiger partial charge in [-0.3, -0.25) is 0 Å². The minimum atomic E-state index is -0.990. The minimum absolute atomic E-state index is 0.0810. The van der Waals surface area contributed by atoms with Gasteiger partial charge in [-0.05, 0) is 12.1 Å². The lowest BCUT2D eigenvalue weighted by Gasteiger charge is -1.87. The largest absolute Gasteiger partial charge is 0.477 e. The van der Waals surface area contributed by atoms with E-state index in [4.69, 9.17) is 5.11 Å². The van der Waals surface area contributed by atoms with Crippen molar-refractivity contribution >= 4 is 17.1 Å². The number of fused-ring (bicyclic) bond motifs is 1. The van der Waals surface area contributed by atoms with E-state index < -0.39 is 5.97 Å². The number of H-pyrrole nitrogens is 1. The number of aromatic amines is 1. The Balaban J connectivity index is 0.000000134. The number of carboxylic acid groups (broad SMARTS) is 1. The number of hydrogen-bond acceptors (Lipinski definition) is 5. The smallest absolute Gasteiger partial charge is 0.354 e. The minimum Gasteiger partial charge on any atom is -0.477 e. The van der Waals surface area contributed by atoms with E-state index in [0.717, 1.165) is 5.52 Å². The third-order valence-electron chi connectivity index (χ3n) is 1.98. The lowest BCUT2D eigenvalue weighted by molar-refractivity contribution is 0.0690. The number of aromatic carboxylic acids is 1. The Morgan fingerprint density at radius 3 is 2.72 bits per heavy atom. The second-order valence-electron chi connectivity index (χ2n) is 3.18. The molecule has 18 heavy (non-hydrogen) atoms. The Bertz CT molecular complexity index is 608. The number of aromatic nitrogens is 5. The normalized spacial score (nSPS) is 9.56. The summed E-state index contributed by atoms with van der Waals surface area (Å²) in [6, 6.07) is 4.76. The fourth-order valence-corrected chi connectivity index (χ4v) is 1.18. The van der Waals surface area contributed by atoms with Crippen LogP contribution >= 0.6 is 0 Å². The van der Waals surface area contributed by atoms with Crippen molar-refractivity contribution in [1.29, 1.82) is 0 Å². The van der Waals surface area contributed by atoms with Crippen molar-refractivity contribution in [1.82, 2.24) is 24.9 Å². The number of nitrogens with zero attached hydrogens (tertiary/aromatic N) is 4. The summed E-state index contributed by atoms with van der Waals surface area (Å²) in [5.74, 6) is -0.990. The van der Waals surface area contributed by atoms with E-state index in [1.807, 2.05) is 0 Å². The SMILES string of the molecule is O=C(O)c1ccccn1.c1ncc2[nH]cnc2n1. The molecule has 3 aromatic rings. The number of nitrogens with one attached hydrogen (secondary N) is 1. The third kappa shape index (κ3) is 2.85. The second kappa shape index (κ2) is 5.48. The lowest BCUT2D eigenvalue weighted by atomic mass is 10.4. The van der Waals surface area contributed by atoms with Gasteiger partial charge in [0.05, 0.1) is 12.5 Å². The molecular weight excluding hydrogens is 234 g/mol. The molecule has 3 heterocycles. The molecular formula is C11H9N5O2. The average Bonchev–Trinajstić information content (AvgIpc) is 2.89. The first-order valence-corrected chi connectivity index (χ1v) is 5.01. The van der Waals surface area contributed by atoms with Gasteiger partial charge >= 0.3 is 5.97 Å². The Kier molecular flexibility index (Phi) is 3.55. The first-order valence-electron chi connectivity index (χ1n) is 5.01. The number of rotatable bonds is 1. The monoisotopic (exact) mass is 243 g/mol. The number of pyridine rings is 1. The molecule has 0 bridgehead atoms.